The fourth-order valence-electron chi connectivity index (χ4n) is 9.79. The number of allylic oxidation sites excluding steroid dienone is 3. The van der Waals surface area contributed by atoms with E-state index in [0.717, 1.165) is 12.8 Å². The predicted octanol–water partition coefficient (Wildman–Crippen LogP) is 7.61. The summed E-state index contributed by atoms with van der Waals surface area (Å²) in [5, 5.41) is 12.3. The first-order chi connectivity index (χ1) is 22.3. The molecule has 1 aromatic rings. The maximum absolute atomic E-state index is 15.1. The van der Waals surface area contributed by atoms with Crippen LogP contribution < -0.4 is 9.47 Å². The number of phenols is 1. The minimum absolute atomic E-state index is 0.0185. The van der Waals surface area contributed by atoms with E-state index in [-0.39, 0.29) is 46.9 Å². The summed E-state index contributed by atoms with van der Waals surface area (Å²) in [5.74, 6) is -1.38. The van der Waals surface area contributed by atoms with Gasteiger partial charge in [0.15, 0.2) is 22.8 Å². The largest absolute Gasteiger partial charge is 0.507 e. The van der Waals surface area contributed by atoms with Crippen molar-refractivity contribution in [2.45, 2.75) is 134 Å². The van der Waals surface area contributed by atoms with E-state index in [2.05, 4.69) is 20.8 Å². The molecule has 3 fully saturated rings. The molecule has 2 saturated carbocycles. The van der Waals surface area contributed by atoms with E-state index < -0.39 is 39.2 Å². The molecule has 3 aliphatic heterocycles. The Hall–Kier alpha value is -3.10. The molecule has 1 N–H and O–H groups in total. The summed E-state index contributed by atoms with van der Waals surface area (Å²) in [6.45, 7) is 15.7. The number of methoxy groups -OCH3 is 1. The van der Waals surface area contributed by atoms with Crippen molar-refractivity contribution >= 4 is 29.1 Å². The standard InChI is InChI=1S/C39H47ClO8/c1-19(2)22-12-14-37(8)18-24(22)27-30(42)28-29(41)25-16-21-17-26-36(6,7)48-38(33(21)43,15-10-20(3)34(44)45-9)39(25,26)47-32(28)23(31(27)46-37)11-13-35(4,5)40/h10,16,21,24,26,42H,11-15,17-18H2,1-9H3/b20-10+. The van der Waals surface area contributed by atoms with Crippen molar-refractivity contribution in [1.29, 1.82) is 0 Å². The van der Waals surface area contributed by atoms with Gasteiger partial charge in [-0.15, -0.1) is 11.6 Å². The van der Waals surface area contributed by atoms with E-state index in [4.69, 9.17) is 30.5 Å². The van der Waals surface area contributed by atoms with E-state index in [1.165, 1.54) is 18.3 Å². The molecule has 1 aromatic carbocycles. The van der Waals surface area contributed by atoms with Crippen LogP contribution in [0.1, 0.15) is 121 Å². The summed E-state index contributed by atoms with van der Waals surface area (Å²) in [5.41, 5.74) is 0.213. The molecule has 6 atom stereocenters. The Kier molecular flexibility index (Phi) is 7.28. The number of ether oxygens (including phenoxy) is 4. The van der Waals surface area contributed by atoms with Gasteiger partial charge in [0.2, 0.25) is 0 Å². The fourth-order valence-corrected chi connectivity index (χ4v) is 9.89. The molecule has 0 radical (unpaired) electrons. The molecule has 48 heavy (non-hydrogen) atoms. The average Bonchev–Trinajstić information content (AvgIpc) is 3.15. The van der Waals surface area contributed by atoms with Crippen LogP contribution in [0.15, 0.2) is 34.4 Å². The van der Waals surface area contributed by atoms with Crippen LogP contribution in [-0.4, -0.2) is 57.0 Å². The molecule has 0 aromatic heterocycles. The highest BCUT2D eigenvalue weighted by molar-refractivity contribution is 6.23. The number of hydrogen-bond donors (Lipinski definition) is 1. The number of carbonyl (C=O) groups is 3. The number of alkyl halides is 1. The van der Waals surface area contributed by atoms with Crippen molar-refractivity contribution in [3.63, 3.8) is 0 Å². The highest BCUT2D eigenvalue weighted by Gasteiger charge is 2.81. The van der Waals surface area contributed by atoms with Gasteiger partial charge < -0.3 is 24.1 Å². The summed E-state index contributed by atoms with van der Waals surface area (Å²) >= 11 is 6.79. The van der Waals surface area contributed by atoms with Gasteiger partial charge in [-0.2, -0.15) is 0 Å². The van der Waals surface area contributed by atoms with Gasteiger partial charge in [-0.3, -0.25) is 9.59 Å². The molecule has 7 aliphatic rings. The van der Waals surface area contributed by atoms with Gasteiger partial charge in [0.1, 0.15) is 28.4 Å². The molecule has 0 amide bonds. The van der Waals surface area contributed by atoms with Crippen LogP contribution in [0.4, 0.5) is 0 Å². The Balaban J connectivity index is 1.51. The van der Waals surface area contributed by atoms with Crippen molar-refractivity contribution in [2.24, 2.45) is 11.8 Å². The first-order valence-corrected chi connectivity index (χ1v) is 17.6. The third-order valence-corrected chi connectivity index (χ3v) is 12.3. The number of rotatable bonds is 6. The summed E-state index contributed by atoms with van der Waals surface area (Å²) < 4.78 is 25.9. The zero-order valence-electron chi connectivity index (χ0n) is 29.5. The molecule has 4 aliphatic carbocycles. The van der Waals surface area contributed by atoms with Gasteiger partial charge in [0.05, 0.1) is 12.7 Å². The molecule has 258 valence electrons. The normalized spacial score (nSPS) is 34.0. The molecule has 8 nitrogen and oxygen atoms in total. The maximum Gasteiger partial charge on any atom is 0.333 e. The first kappa shape index (κ1) is 33.4. The molecule has 1 saturated heterocycles. The Labute approximate surface area is 287 Å². The van der Waals surface area contributed by atoms with E-state index in [9.17, 15) is 14.7 Å². The topological polar surface area (TPSA) is 108 Å². The zero-order valence-corrected chi connectivity index (χ0v) is 30.3. The number of benzene rings is 1. The third kappa shape index (κ3) is 4.40. The van der Waals surface area contributed by atoms with Crippen LogP contribution in [0.5, 0.6) is 17.2 Å². The van der Waals surface area contributed by atoms with E-state index >= 15 is 4.79 Å². The number of halogens is 1. The molecule has 6 bridgehead atoms. The summed E-state index contributed by atoms with van der Waals surface area (Å²) in [4.78, 5) is 41.4. The Morgan fingerprint density at radius 2 is 1.85 bits per heavy atom. The maximum atomic E-state index is 15.1. The van der Waals surface area contributed by atoms with Gasteiger partial charge in [-0.05, 0) is 93.9 Å². The van der Waals surface area contributed by atoms with Gasteiger partial charge in [0.25, 0.3) is 0 Å². The average molecular weight is 679 g/mol. The quantitative estimate of drug-likeness (QED) is 0.142. The van der Waals surface area contributed by atoms with Crippen LogP contribution in [0, 0.1) is 11.8 Å². The number of esters is 1. The van der Waals surface area contributed by atoms with Gasteiger partial charge in [-0.1, -0.05) is 23.3 Å². The summed E-state index contributed by atoms with van der Waals surface area (Å²) in [7, 11) is 1.31. The van der Waals surface area contributed by atoms with Gasteiger partial charge >= 0.3 is 5.97 Å². The van der Waals surface area contributed by atoms with Crippen molar-refractivity contribution in [1.82, 2.24) is 0 Å². The van der Waals surface area contributed by atoms with Crippen molar-refractivity contribution in [3.8, 4) is 17.2 Å². The van der Waals surface area contributed by atoms with Gasteiger partial charge in [-0.25, -0.2) is 4.79 Å². The van der Waals surface area contributed by atoms with E-state index in [0.29, 0.717) is 53.7 Å². The Morgan fingerprint density at radius 1 is 1.15 bits per heavy atom. The molecular formula is C39H47ClO8. The van der Waals surface area contributed by atoms with Crippen LogP contribution >= 0.6 is 11.6 Å². The number of Topliss-reactive ketones (excluding diaryl/α,β-unsaturated/α-hetero) is 2. The molecule has 3 heterocycles. The molecule has 9 heteroatoms. The fraction of sp³-hybridized carbons (Fsp3) is 0.615. The first-order valence-electron chi connectivity index (χ1n) is 17.2. The second-order valence-corrected chi connectivity index (χ2v) is 17.5. The number of carbonyl (C=O) groups excluding carboxylic acids is 3. The highest BCUT2D eigenvalue weighted by atomic mass is 35.5. The molecule has 6 unspecified atom stereocenters. The summed E-state index contributed by atoms with van der Waals surface area (Å²) in [6.07, 6.45) is 7.23. The minimum Gasteiger partial charge on any atom is -0.507 e. The number of fused-ring (bicyclic) bond motifs is 5. The lowest BCUT2D eigenvalue weighted by molar-refractivity contribution is -0.171. The van der Waals surface area contributed by atoms with Crippen molar-refractivity contribution < 1.29 is 38.4 Å². The monoisotopic (exact) mass is 678 g/mol. The number of phenolic OH excluding ortho intramolecular Hbond substituents is 1. The zero-order chi connectivity index (χ0) is 34.9. The third-order valence-electron chi connectivity index (χ3n) is 12.1. The van der Waals surface area contributed by atoms with Crippen LogP contribution in [0.25, 0.3) is 0 Å². The van der Waals surface area contributed by atoms with Crippen LogP contribution in [0.2, 0.25) is 0 Å². The van der Waals surface area contributed by atoms with Gasteiger partial charge in [0, 0.05) is 51.3 Å². The van der Waals surface area contributed by atoms with E-state index in [1.807, 2.05) is 27.7 Å². The second-order valence-electron chi connectivity index (χ2n) is 16.4. The Morgan fingerprint density at radius 3 is 2.50 bits per heavy atom. The number of aromatic hydroxyl groups is 1. The lowest BCUT2D eigenvalue weighted by atomic mass is 9.51. The predicted molar refractivity (Wildman–Crippen MR) is 181 cm³/mol. The molecule has 1 spiro atoms. The van der Waals surface area contributed by atoms with E-state index in [1.54, 1.807) is 19.1 Å². The van der Waals surface area contributed by atoms with Crippen molar-refractivity contribution in [3.05, 3.63) is 51.1 Å². The van der Waals surface area contributed by atoms with Crippen LogP contribution in [-0.2, 0) is 25.5 Å². The lowest BCUT2D eigenvalue weighted by Gasteiger charge is -2.56. The molecule has 8 rings (SSSR count). The smallest absolute Gasteiger partial charge is 0.333 e. The lowest BCUT2D eigenvalue weighted by Crippen LogP contribution is -2.72. The Bertz CT molecular complexity index is 1770. The molecular weight excluding hydrogens is 632 g/mol. The summed E-state index contributed by atoms with van der Waals surface area (Å²) in [6, 6.07) is 0. The number of hydrogen-bond acceptors (Lipinski definition) is 8. The minimum atomic E-state index is -1.58. The van der Waals surface area contributed by atoms with Crippen molar-refractivity contribution in [2.75, 3.05) is 7.11 Å². The van der Waals surface area contributed by atoms with Crippen LogP contribution in [0.3, 0.4) is 0 Å². The highest BCUT2D eigenvalue weighted by Crippen LogP contribution is 2.69. The second kappa shape index (κ2) is 10.5. The SMILES string of the molecule is COC(=O)/C(C)=C/CC12OC(C)(C)C3CC(C=C4C(=O)c5c(O)c6c(c(CCC(C)(C)Cl)c5OC431)OC1(C)CCC(=C(C)C)C6C1)C2=O. The number of ketones is 2.